The van der Waals surface area contributed by atoms with Crippen LogP contribution in [0, 0.1) is 0 Å². The summed E-state index contributed by atoms with van der Waals surface area (Å²) in [5.41, 5.74) is 4.59. The van der Waals surface area contributed by atoms with Crippen molar-refractivity contribution in [1.82, 2.24) is 5.43 Å². The highest BCUT2D eigenvalue weighted by molar-refractivity contribution is 6.37. The van der Waals surface area contributed by atoms with Crippen molar-refractivity contribution in [1.29, 1.82) is 0 Å². The number of anilines is 1. The van der Waals surface area contributed by atoms with Gasteiger partial charge in [0.05, 0.1) is 22.9 Å². The maximum atomic E-state index is 12.3. The van der Waals surface area contributed by atoms with Gasteiger partial charge in [0.1, 0.15) is 0 Å². The monoisotopic (exact) mass is 393 g/mol. The summed E-state index contributed by atoms with van der Waals surface area (Å²) in [6, 6.07) is 11.7. The number of rotatable bonds is 5. The lowest BCUT2D eigenvalue weighted by Crippen LogP contribution is -2.20. The van der Waals surface area contributed by atoms with Crippen molar-refractivity contribution in [2.45, 2.75) is 13.8 Å². The Kier molecular flexibility index (Phi) is 7.00. The Morgan fingerprint density at radius 3 is 2.42 bits per heavy atom. The molecule has 0 spiro atoms. The van der Waals surface area contributed by atoms with Crippen LogP contribution in [0.5, 0.6) is 0 Å². The van der Waals surface area contributed by atoms with Crippen molar-refractivity contribution < 1.29 is 14.3 Å². The molecular formula is C18H17Cl2N3O3. The fourth-order valence-electron chi connectivity index (χ4n) is 2.02. The first kappa shape index (κ1) is 19.8. The Labute approximate surface area is 161 Å². The van der Waals surface area contributed by atoms with Crippen molar-refractivity contribution in [3.05, 3.63) is 63.6 Å². The molecule has 2 aromatic rings. The van der Waals surface area contributed by atoms with Gasteiger partial charge in [0.15, 0.2) is 0 Å². The summed E-state index contributed by atoms with van der Waals surface area (Å²) in [6.07, 6.45) is -0.615. The van der Waals surface area contributed by atoms with Crippen molar-refractivity contribution in [3.8, 4) is 0 Å². The summed E-state index contributed by atoms with van der Waals surface area (Å²) in [4.78, 5) is 23.5. The van der Waals surface area contributed by atoms with E-state index in [1.54, 1.807) is 50.2 Å². The summed E-state index contributed by atoms with van der Waals surface area (Å²) >= 11 is 11.9. The van der Waals surface area contributed by atoms with Crippen LogP contribution in [0.25, 0.3) is 0 Å². The van der Waals surface area contributed by atoms with E-state index < -0.39 is 6.09 Å². The average molecular weight is 394 g/mol. The van der Waals surface area contributed by atoms with E-state index in [9.17, 15) is 9.59 Å². The van der Waals surface area contributed by atoms with Gasteiger partial charge >= 0.3 is 6.09 Å². The fraction of sp³-hybridized carbons (Fsp3) is 0.167. The van der Waals surface area contributed by atoms with Gasteiger partial charge in [0.25, 0.3) is 5.91 Å². The zero-order valence-electron chi connectivity index (χ0n) is 14.2. The van der Waals surface area contributed by atoms with Crippen molar-refractivity contribution in [2.75, 3.05) is 11.9 Å². The lowest BCUT2D eigenvalue weighted by molar-refractivity contribution is 0.102. The molecule has 0 radical (unpaired) electrons. The summed E-state index contributed by atoms with van der Waals surface area (Å²) in [6.45, 7) is 3.72. The third-order valence-corrected chi connectivity index (χ3v) is 3.87. The van der Waals surface area contributed by atoms with E-state index in [0.717, 1.165) is 5.56 Å². The smallest absolute Gasteiger partial charge is 0.427 e. The van der Waals surface area contributed by atoms with Gasteiger partial charge in [-0.15, -0.1) is 0 Å². The van der Waals surface area contributed by atoms with Gasteiger partial charge in [0, 0.05) is 10.7 Å². The Bertz CT molecular complexity index is 836. The van der Waals surface area contributed by atoms with Crippen LogP contribution < -0.4 is 10.7 Å². The molecule has 0 heterocycles. The summed E-state index contributed by atoms with van der Waals surface area (Å²) in [5.74, 6) is -0.339. The fourth-order valence-corrected chi connectivity index (χ4v) is 2.52. The molecule has 2 N–H and O–H groups in total. The molecule has 0 aliphatic carbocycles. The second kappa shape index (κ2) is 9.22. The zero-order chi connectivity index (χ0) is 19.1. The van der Waals surface area contributed by atoms with Crippen LogP contribution in [-0.2, 0) is 4.74 Å². The molecule has 0 fully saturated rings. The third-order valence-electron chi connectivity index (χ3n) is 3.33. The summed E-state index contributed by atoms with van der Waals surface area (Å²) in [5, 5.41) is 7.44. The van der Waals surface area contributed by atoms with E-state index >= 15 is 0 Å². The third kappa shape index (κ3) is 5.47. The topological polar surface area (TPSA) is 79.8 Å². The van der Waals surface area contributed by atoms with Crippen LogP contribution in [0.3, 0.4) is 0 Å². The lowest BCUT2D eigenvalue weighted by atomic mass is 10.1. The van der Waals surface area contributed by atoms with Crippen LogP contribution in [0.1, 0.15) is 29.8 Å². The number of hydrazone groups is 1. The second-order valence-corrected chi connectivity index (χ2v) is 6.03. The predicted molar refractivity (Wildman–Crippen MR) is 103 cm³/mol. The SMILES string of the molecule is CCOC(=O)NN=C(C)c1ccc(NC(=O)c2ccc(Cl)cc2Cl)cc1. The molecule has 136 valence electrons. The molecule has 0 aliphatic rings. The highest BCUT2D eigenvalue weighted by Gasteiger charge is 2.11. The van der Waals surface area contributed by atoms with Gasteiger partial charge < -0.3 is 10.1 Å². The standard InChI is InChI=1S/C18H17Cl2N3O3/c1-3-26-18(25)23-22-11(2)12-4-7-14(8-5-12)21-17(24)15-9-6-13(19)10-16(15)20/h4-10H,3H2,1-2H3,(H,21,24)(H,23,25). The quantitative estimate of drug-likeness (QED) is 0.569. The van der Waals surface area contributed by atoms with Crippen LogP contribution >= 0.6 is 23.2 Å². The largest absolute Gasteiger partial charge is 0.449 e. The molecule has 0 atom stereocenters. The molecule has 26 heavy (non-hydrogen) atoms. The molecule has 2 rings (SSSR count). The minimum absolute atomic E-state index is 0.270. The Hall–Kier alpha value is -2.57. The molecular weight excluding hydrogens is 377 g/mol. The summed E-state index contributed by atoms with van der Waals surface area (Å²) in [7, 11) is 0. The Morgan fingerprint density at radius 1 is 1.12 bits per heavy atom. The second-order valence-electron chi connectivity index (χ2n) is 5.19. The van der Waals surface area contributed by atoms with Gasteiger partial charge in [-0.25, -0.2) is 10.2 Å². The van der Waals surface area contributed by atoms with Crippen molar-refractivity contribution >= 4 is 46.6 Å². The number of ether oxygens (including phenoxy) is 1. The van der Waals surface area contributed by atoms with Gasteiger partial charge in [-0.1, -0.05) is 35.3 Å². The van der Waals surface area contributed by atoms with E-state index in [1.807, 2.05) is 0 Å². The highest BCUT2D eigenvalue weighted by Crippen LogP contribution is 2.22. The maximum absolute atomic E-state index is 12.3. The number of nitrogens with one attached hydrogen (secondary N) is 2. The van der Waals surface area contributed by atoms with Crippen molar-refractivity contribution in [2.24, 2.45) is 5.10 Å². The number of nitrogens with zero attached hydrogens (tertiary/aromatic N) is 1. The van der Waals surface area contributed by atoms with Crippen LogP contribution in [0.4, 0.5) is 10.5 Å². The number of benzene rings is 2. The first-order valence-electron chi connectivity index (χ1n) is 7.74. The molecule has 6 nitrogen and oxygen atoms in total. The molecule has 8 heteroatoms. The zero-order valence-corrected chi connectivity index (χ0v) is 15.7. The van der Waals surface area contributed by atoms with Crippen LogP contribution in [0.2, 0.25) is 10.0 Å². The number of halogens is 2. The molecule has 0 saturated carbocycles. The molecule has 0 aliphatic heterocycles. The Morgan fingerprint density at radius 2 is 1.81 bits per heavy atom. The molecule has 0 bridgehead atoms. The lowest BCUT2D eigenvalue weighted by Gasteiger charge is -2.08. The number of carbonyl (C=O) groups excluding carboxylic acids is 2. The minimum atomic E-state index is -0.615. The summed E-state index contributed by atoms with van der Waals surface area (Å²) < 4.78 is 4.73. The Balaban J connectivity index is 2.03. The average Bonchev–Trinajstić information content (AvgIpc) is 2.60. The molecule has 0 aromatic heterocycles. The molecule has 0 unspecified atom stereocenters. The normalized spacial score (nSPS) is 11.0. The van der Waals surface area contributed by atoms with E-state index in [1.165, 1.54) is 6.07 Å². The minimum Gasteiger partial charge on any atom is -0.449 e. The number of hydrogen-bond donors (Lipinski definition) is 2. The van der Waals surface area contributed by atoms with E-state index in [0.29, 0.717) is 22.0 Å². The highest BCUT2D eigenvalue weighted by atomic mass is 35.5. The molecule has 2 amide bonds. The maximum Gasteiger partial charge on any atom is 0.427 e. The first-order chi connectivity index (χ1) is 12.4. The predicted octanol–water partition coefficient (Wildman–Crippen LogP) is 4.72. The number of hydrogen-bond acceptors (Lipinski definition) is 4. The van der Waals surface area contributed by atoms with Crippen molar-refractivity contribution in [3.63, 3.8) is 0 Å². The van der Waals surface area contributed by atoms with E-state index in [4.69, 9.17) is 27.9 Å². The van der Waals surface area contributed by atoms with Crippen LogP contribution in [-0.4, -0.2) is 24.3 Å². The van der Waals surface area contributed by atoms with Gasteiger partial charge in [-0.3, -0.25) is 4.79 Å². The molecule has 2 aromatic carbocycles. The van der Waals surface area contributed by atoms with Gasteiger partial charge in [-0.05, 0) is 49.7 Å². The van der Waals surface area contributed by atoms with E-state index in [-0.39, 0.29) is 17.5 Å². The van der Waals surface area contributed by atoms with E-state index in [2.05, 4.69) is 15.8 Å². The first-order valence-corrected chi connectivity index (χ1v) is 8.50. The van der Waals surface area contributed by atoms with Gasteiger partial charge in [0.2, 0.25) is 0 Å². The van der Waals surface area contributed by atoms with Gasteiger partial charge in [-0.2, -0.15) is 5.10 Å². The molecule has 0 saturated heterocycles. The number of carbonyl (C=O) groups is 2. The van der Waals surface area contributed by atoms with Crippen LogP contribution in [0.15, 0.2) is 47.6 Å². The number of amides is 2.